The highest BCUT2D eigenvalue weighted by Gasteiger charge is 2.31. The van der Waals surface area contributed by atoms with Crippen molar-refractivity contribution in [2.75, 3.05) is 20.3 Å². The highest BCUT2D eigenvalue weighted by atomic mass is 32.2. The lowest BCUT2D eigenvalue weighted by Gasteiger charge is -2.19. The number of nitrogens with one attached hydrogen (secondary N) is 2. The Labute approximate surface area is 173 Å². The molecule has 0 aliphatic carbocycles. The van der Waals surface area contributed by atoms with Crippen LogP contribution in [0.15, 0.2) is 65.2 Å². The molecule has 0 bridgehead atoms. The quantitative estimate of drug-likeness (QED) is 0.457. The largest absolute Gasteiger partial charge is 0.505 e. The summed E-state index contributed by atoms with van der Waals surface area (Å²) in [6.45, 7) is 0.750. The Bertz CT molecular complexity index is 1150. The smallest absolute Gasteiger partial charge is 0.262 e. The van der Waals surface area contributed by atoms with Crippen molar-refractivity contribution in [3.8, 4) is 0 Å². The van der Waals surface area contributed by atoms with Crippen LogP contribution in [-0.4, -0.2) is 45.5 Å². The molecule has 0 unspecified atom stereocenters. The van der Waals surface area contributed by atoms with Gasteiger partial charge in [0.05, 0.1) is 11.5 Å². The predicted molar refractivity (Wildman–Crippen MR) is 111 cm³/mol. The fraction of sp³-hybridized carbons (Fsp3) is 0.143. The minimum absolute atomic E-state index is 0.0581. The number of rotatable bonds is 7. The molecule has 2 aromatic carbocycles. The zero-order valence-electron chi connectivity index (χ0n) is 16.1. The first kappa shape index (κ1) is 21.3. The number of methoxy groups -OCH3 is 1. The molecule has 3 N–H and O–H groups in total. The normalized spacial score (nSPS) is 14.8. The van der Waals surface area contributed by atoms with E-state index in [9.17, 15) is 23.1 Å². The monoisotopic (exact) mass is 428 g/mol. The van der Waals surface area contributed by atoms with Gasteiger partial charge in [0, 0.05) is 24.8 Å². The summed E-state index contributed by atoms with van der Waals surface area (Å²) in [5.74, 6) is -1.45. The number of aliphatic hydroxyl groups excluding tert-OH is 1. The molecule has 0 aromatic heterocycles. The Balaban J connectivity index is 1.81. The molecular formula is C21H20N2O6S. The summed E-state index contributed by atoms with van der Waals surface area (Å²) in [5.41, 5.74) is 0.582. The zero-order valence-corrected chi connectivity index (χ0v) is 16.9. The van der Waals surface area contributed by atoms with Crippen LogP contribution in [0.3, 0.4) is 0 Å². The molecule has 9 heteroatoms. The van der Waals surface area contributed by atoms with Gasteiger partial charge in [-0.1, -0.05) is 30.3 Å². The van der Waals surface area contributed by atoms with Gasteiger partial charge in [-0.05, 0) is 35.9 Å². The number of ether oxygens (including phenoxy) is 1. The van der Waals surface area contributed by atoms with Crippen LogP contribution in [0.1, 0.15) is 21.5 Å². The maximum Gasteiger partial charge on any atom is 0.262 e. The van der Waals surface area contributed by atoms with E-state index in [1.165, 1.54) is 31.4 Å². The van der Waals surface area contributed by atoms with E-state index in [0.29, 0.717) is 24.3 Å². The number of hydrogen-bond donors (Lipinski definition) is 3. The second-order valence-electron chi connectivity index (χ2n) is 6.40. The molecule has 1 aliphatic heterocycles. The molecule has 0 saturated heterocycles. The standard InChI is InChI=1S/C21H20N2O6S/c1-29-12-11-22-21(26)15-6-4-5-14(13-15)9-10-17(24)19-20(25)16-7-2-3-8-18(16)30(27,28)23-19/h2-10,13,23,25H,11-12H2,1H3,(H,22,26). The van der Waals surface area contributed by atoms with Crippen molar-refractivity contribution in [1.82, 2.24) is 10.0 Å². The summed E-state index contributed by atoms with van der Waals surface area (Å²) in [7, 11) is -2.43. The highest BCUT2D eigenvalue weighted by Crippen LogP contribution is 2.29. The van der Waals surface area contributed by atoms with Gasteiger partial charge >= 0.3 is 0 Å². The number of carbonyl (C=O) groups excluding carboxylic acids is 2. The second kappa shape index (κ2) is 8.93. The number of aliphatic hydroxyl groups is 1. The molecule has 0 saturated carbocycles. The average Bonchev–Trinajstić information content (AvgIpc) is 2.75. The number of fused-ring (bicyclic) bond motifs is 1. The third-order valence-electron chi connectivity index (χ3n) is 4.32. The molecular weight excluding hydrogens is 408 g/mol. The lowest BCUT2D eigenvalue weighted by atomic mass is 10.1. The van der Waals surface area contributed by atoms with E-state index in [2.05, 4.69) is 10.0 Å². The second-order valence-corrected chi connectivity index (χ2v) is 8.05. The summed E-state index contributed by atoms with van der Waals surface area (Å²) in [5, 5.41) is 13.1. The summed E-state index contributed by atoms with van der Waals surface area (Å²) >= 11 is 0. The van der Waals surface area contributed by atoms with Crippen molar-refractivity contribution in [1.29, 1.82) is 0 Å². The first-order valence-corrected chi connectivity index (χ1v) is 10.5. The van der Waals surface area contributed by atoms with Crippen molar-refractivity contribution >= 4 is 33.5 Å². The minimum Gasteiger partial charge on any atom is -0.505 e. The van der Waals surface area contributed by atoms with E-state index in [-0.39, 0.29) is 16.4 Å². The van der Waals surface area contributed by atoms with Gasteiger partial charge in [0.2, 0.25) is 5.78 Å². The van der Waals surface area contributed by atoms with Crippen molar-refractivity contribution in [2.45, 2.75) is 4.90 Å². The van der Waals surface area contributed by atoms with Gasteiger partial charge in [0.15, 0.2) is 5.76 Å². The Morgan fingerprint density at radius 3 is 2.70 bits per heavy atom. The molecule has 1 aliphatic rings. The van der Waals surface area contributed by atoms with Crippen LogP contribution in [0.4, 0.5) is 0 Å². The van der Waals surface area contributed by atoms with Crippen LogP contribution in [0, 0.1) is 0 Å². The van der Waals surface area contributed by atoms with Crippen molar-refractivity contribution in [3.63, 3.8) is 0 Å². The fourth-order valence-electron chi connectivity index (χ4n) is 2.84. The summed E-state index contributed by atoms with van der Waals surface area (Å²) in [6.07, 6.45) is 2.56. The average molecular weight is 428 g/mol. The summed E-state index contributed by atoms with van der Waals surface area (Å²) < 4.78 is 31.7. The number of allylic oxidation sites excluding steroid dienone is 1. The number of carbonyl (C=O) groups is 2. The molecule has 8 nitrogen and oxygen atoms in total. The van der Waals surface area contributed by atoms with Crippen LogP contribution < -0.4 is 10.0 Å². The van der Waals surface area contributed by atoms with Crippen molar-refractivity contribution in [3.05, 3.63) is 77.0 Å². The van der Waals surface area contributed by atoms with E-state index < -0.39 is 27.3 Å². The Morgan fingerprint density at radius 2 is 1.93 bits per heavy atom. The Morgan fingerprint density at radius 1 is 1.17 bits per heavy atom. The van der Waals surface area contributed by atoms with Crippen molar-refractivity contribution < 1.29 is 27.9 Å². The fourth-order valence-corrected chi connectivity index (χ4v) is 4.13. The van der Waals surface area contributed by atoms with Crippen LogP contribution in [0.2, 0.25) is 0 Å². The number of hydrogen-bond acceptors (Lipinski definition) is 6. The van der Waals surface area contributed by atoms with Gasteiger partial charge in [-0.3, -0.25) is 14.3 Å². The van der Waals surface area contributed by atoms with Gasteiger partial charge in [-0.25, -0.2) is 8.42 Å². The Hall–Kier alpha value is -3.43. The zero-order chi connectivity index (χ0) is 21.7. The number of benzene rings is 2. The van der Waals surface area contributed by atoms with Crippen LogP contribution >= 0.6 is 0 Å². The van der Waals surface area contributed by atoms with E-state index in [0.717, 1.165) is 6.08 Å². The van der Waals surface area contributed by atoms with Gasteiger partial charge in [0.25, 0.3) is 15.9 Å². The third kappa shape index (κ3) is 4.58. The molecule has 1 heterocycles. The predicted octanol–water partition coefficient (Wildman–Crippen LogP) is 1.86. The number of ketones is 1. The third-order valence-corrected chi connectivity index (χ3v) is 5.73. The van der Waals surface area contributed by atoms with E-state index >= 15 is 0 Å². The maximum absolute atomic E-state index is 12.5. The first-order chi connectivity index (χ1) is 14.3. The van der Waals surface area contributed by atoms with Crippen LogP contribution in [-0.2, 0) is 19.6 Å². The lowest BCUT2D eigenvalue weighted by Crippen LogP contribution is -2.32. The molecule has 0 atom stereocenters. The minimum atomic E-state index is -3.97. The maximum atomic E-state index is 12.5. The summed E-state index contributed by atoms with van der Waals surface area (Å²) in [4.78, 5) is 24.6. The van der Waals surface area contributed by atoms with E-state index in [1.807, 2.05) is 0 Å². The summed E-state index contributed by atoms with van der Waals surface area (Å²) in [6, 6.07) is 12.4. The SMILES string of the molecule is COCCNC(=O)c1cccc(C=CC(=O)C2=C(O)c3ccccc3S(=O)(=O)N2)c1. The van der Waals surface area contributed by atoms with E-state index in [1.54, 1.807) is 30.3 Å². The van der Waals surface area contributed by atoms with Gasteiger partial charge in [-0.15, -0.1) is 0 Å². The molecule has 3 rings (SSSR count). The van der Waals surface area contributed by atoms with Crippen LogP contribution in [0.25, 0.3) is 11.8 Å². The molecule has 1 amide bonds. The lowest BCUT2D eigenvalue weighted by molar-refractivity contribution is -0.111. The van der Waals surface area contributed by atoms with Gasteiger partial charge in [-0.2, -0.15) is 0 Å². The molecule has 30 heavy (non-hydrogen) atoms. The number of sulfonamides is 1. The van der Waals surface area contributed by atoms with Gasteiger partial charge < -0.3 is 15.2 Å². The van der Waals surface area contributed by atoms with Crippen LogP contribution in [0.5, 0.6) is 0 Å². The first-order valence-electron chi connectivity index (χ1n) is 8.98. The number of amides is 1. The Kier molecular flexibility index (Phi) is 6.34. The van der Waals surface area contributed by atoms with Gasteiger partial charge in [0.1, 0.15) is 5.70 Å². The van der Waals surface area contributed by atoms with Crippen molar-refractivity contribution in [2.24, 2.45) is 0 Å². The molecule has 0 spiro atoms. The highest BCUT2D eigenvalue weighted by molar-refractivity contribution is 7.89. The topological polar surface area (TPSA) is 122 Å². The molecule has 0 fully saturated rings. The molecule has 156 valence electrons. The van der Waals surface area contributed by atoms with E-state index in [4.69, 9.17) is 4.74 Å². The molecule has 0 radical (unpaired) electrons. The molecule has 2 aromatic rings.